The Bertz CT molecular complexity index is 991. The largest absolute Gasteiger partial charge is 0.507 e. The van der Waals surface area contributed by atoms with E-state index in [2.05, 4.69) is 0 Å². The minimum Gasteiger partial charge on any atom is -0.507 e. The van der Waals surface area contributed by atoms with Crippen LogP contribution in [0.15, 0.2) is 48.5 Å². The molecule has 0 fully saturated rings. The van der Waals surface area contributed by atoms with Crippen molar-refractivity contribution in [2.24, 2.45) is 0 Å². The molecule has 4 rings (SSSR count). The van der Waals surface area contributed by atoms with Gasteiger partial charge in [-0.1, -0.05) is 30.3 Å². The number of hydrogen-bond donors (Lipinski definition) is 1. The van der Waals surface area contributed by atoms with E-state index in [1.165, 1.54) is 12.1 Å². The number of hydrogen-bond acceptors (Lipinski definition) is 3. The predicted molar refractivity (Wildman–Crippen MR) is 78.5 cm³/mol. The van der Waals surface area contributed by atoms with Gasteiger partial charge in [-0.3, -0.25) is 10.1 Å². The second-order valence-electron chi connectivity index (χ2n) is 4.85. The quantitative estimate of drug-likeness (QED) is 0.318. The van der Waals surface area contributed by atoms with E-state index in [0.29, 0.717) is 5.39 Å². The molecule has 4 aromatic carbocycles. The first-order chi connectivity index (χ1) is 9.66. The fourth-order valence-electron chi connectivity index (χ4n) is 2.94. The lowest BCUT2D eigenvalue weighted by Crippen LogP contribution is -1.91. The molecule has 0 heterocycles. The minimum absolute atomic E-state index is 0.0195. The van der Waals surface area contributed by atoms with Crippen LogP contribution in [-0.4, -0.2) is 10.0 Å². The Morgan fingerprint density at radius 2 is 1.55 bits per heavy atom. The number of phenols is 1. The van der Waals surface area contributed by atoms with Gasteiger partial charge in [0.05, 0.1) is 10.3 Å². The Morgan fingerprint density at radius 3 is 2.30 bits per heavy atom. The molecule has 0 aliphatic carbocycles. The third-order valence-corrected chi connectivity index (χ3v) is 3.80. The molecular formula is C16H9NO3. The van der Waals surface area contributed by atoms with E-state index in [9.17, 15) is 15.2 Å². The molecule has 0 aliphatic rings. The summed E-state index contributed by atoms with van der Waals surface area (Å²) < 4.78 is 0. The van der Waals surface area contributed by atoms with Crippen LogP contribution in [0.1, 0.15) is 0 Å². The van der Waals surface area contributed by atoms with Crippen LogP contribution >= 0.6 is 0 Å². The third-order valence-electron chi connectivity index (χ3n) is 3.80. The van der Waals surface area contributed by atoms with E-state index in [1.807, 2.05) is 30.3 Å². The minimum atomic E-state index is -0.411. The Labute approximate surface area is 113 Å². The van der Waals surface area contributed by atoms with Gasteiger partial charge in [-0.25, -0.2) is 0 Å². The van der Waals surface area contributed by atoms with Gasteiger partial charge in [0.2, 0.25) is 0 Å². The average molecular weight is 263 g/mol. The first-order valence-corrected chi connectivity index (χ1v) is 6.21. The van der Waals surface area contributed by atoms with Crippen LogP contribution in [0.4, 0.5) is 5.69 Å². The second kappa shape index (κ2) is 3.57. The van der Waals surface area contributed by atoms with E-state index in [1.54, 1.807) is 6.07 Å². The van der Waals surface area contributed by atoms with E-state index in [0.717, 1.165) is 26.9 Å². The zero-order valence-corrected chi connectivity index (χ0v) is 10.3. The first-order valence-electron chi connectivity index (χ1n) is 6.21. The van der Waals surface area contributed by atoms with Gasteiger partial charge in [0.15, 0.2) is 0 Å². The van der Waals surface area contributed by atoms with Crippen molar-refractivity contribution in [2.75, 3.05) is 0 Å². The highest BCUT2D eigenvalue weighted by Gasteiger charge is 2.18. The zero-order valence-electron chi connectivity index (χ0n) is 10.3. The zero-order chi connectivity index (χ0) is 13.9. The Balaban J connectivity index is 2.41. The summed E-state index contributed by atoms with van der Waals surface area (Å²) in [7, 11) is 0. The van der Waals surface area contributed by atoms with Crippen molar-refractivity contribution in [3.63, 3.8) is 0 Å². The van der Waals surface area contributed by atoms with Gasteiger partial charge in [-0.15, -0.1) is 0 Å². The molecule has 0 atom stereocenters. The molecule has 4 heteroatoms. The van der Waals surface area contributed by atoms with Crippen molar-refractivity contribution in [3.8, 4) is 5.75 Å². The van der Waals surface area contributed by atoms with Gasteiger partial charge in [-0.2, -0.15) is 0 Å². The van der Waals surface area contributed by atoms with Gasteiger partial charge in [0.1, 0.15) is 5.75 Å². The maximum atomic E-state index is 11.2. The molecule has 4 nitrogen and oxygen atoms in total. The lowest BCUT2D eigenvalue weighted by molar-refractivity contribution is -0.383. The van der Waals surface area contributed by atoms with Gasteiger partial charge in [0, 0.05) is 22.2 Å². The van der Waals surface area contributed by atoms with Crippen molar-refractivity contribution in [1.82, 2.24) is 0 Å². The number of aromatic hydroxyl groups is 1. The number of rotatable bonds is 1. The van der Waals surface area contributed by atoms with Crippen LogP contribution in [0.25, 0.3) is 32.3 Å². The van der Waals surface area contributed by atoms with Gasteiger partial charge in [-0.05, 0) is 22.9 Å². The number of non-ortho nitro benzene ring substituents is 1. The molecule has 0 aliphatic heterocycles. The number of nitro groups is 1. The van der Waals surface area contributed by atoms with Gasteiger partial charge >= 0.3 is 0 Å². The molecule has 0 bridgehead atoms. The maximum Gasteiger partial charge on any atom is 0.277 e. The maximum absolute atomic E-state index is 11.2. The summed E-state index contributed by atoms with van der Waals surface area (Å²) in [6.07, 6.45) is 0. The molecule has 1 N–H and O–H groups in total. The molecule has 0 unspecified atom stereocenters. The smallest absolute Gasteiger partial charge is 0.277 e. The van der Waals surface area contributed by atoms with Crippen molar-refractivity contribution < 1.29 is 10.0 Å². The molecule has 96 valence electrons. The average Bonchev–Trinajstić information content (AvgIpc) is 2.45. The highest BCUT2D eigenvalue weighted by molar-refractivity contribution is 6.26. The number of benzene rings is 4. The molecule has 0 aromatic heterocycles. The Hall–Kier alpha value is -2.88. The second-order valence-corrected chi connectivity index (χ2v) is 4.85. The van der Waals surface area contributed by atoms with Gasteiger partial charge in [0.25, 0.3) is 5.69 Å². The van der Waals surface area contributed by atoms with Crippen LogP contribution in [0.5, 0.6) is 5.75 Å². The van der Waals surface area contributed by atoms with E-state index in [-0.39, 0.29) is 11.4 Å². The van der Waals surface area contributed by atoms with E-state index < -0.39 is 4.92 Å². The molecule has 20 heavy (non-hydrogen) atoms. The number of nitrogens with zero attached hydrogens (tertiary/aromatic N) is 1. The SMILES string of the molecule is O=[N+]([O-])c1ccc2ccc3cccc4c(O)cc1c2c34. The first kappa shape index (κ1) is 11.0. The third kappa shape index (κ3) is 1.25. The van der Waals surface area contributed by atoms with E-state index >= 15 is 0 Å². The summed E-state index contributed by atoms with van der Waals surface area (Å²) in [5.74, 6) is 0.0740. The van der Waals surface area contributed by atoms with Crippen molar-refractivity contribution in [2.45, 2.75) is 0 Å². The number of phenolic OH excluding ortho intramolecular Hbond substituents is 1. The van der Waals surface area contributed by atoms with Crippen molar-refractivity contribution in [1.29, 1.82) is 0 Å². The highest BCUT2D eigenvalue weighted by atomic mass is 16.6. The van der Waals surface area contributed by atoms with Crippen molar-refractivity contribution >= 4 is 38.0 Å². The summed E-state index contributed by atoms with van der Waals surface area (Å²) in [6, 6.07) is 14.3. The van der Waals surface area contributed by atoms with Crippen LogP contribution in [0, 0.1) is 10.1 Å². The summed E-state index contributed by atoms with van der Waals surface area (Å²) >= 11 is 0. The fraction of sp³-hybridized carbons (Fsp3) is 0. The standard InChI is InChI=1S/C16H9NO3/c18-14-8-12-13(17(19)20)7-6-10-5-4-9-2-1-3-11(14)15(9)16(10)12/h1-8,18H. The van der Waals surface area contributed by atoms with Crippen LogP contribution in [-0.2, 0) is 0 Å². The molecular weight excluding hydrogens is 254 g/mol. The Morgan fingerprint density at radius 1 is 0.900 bits per heavy atom. The normalized spacial score (nSPS) is 11.6. The lowest BCUT2D eigenvalue weighted by atomic mass is 9.93. The van der Waals surface area contributed by atoms with Crippen LogP contribution < -0.4 is 0 Å². The van der Waals surface area contributed by atoms with Crippen molar-refractivity contribution in [3.05, 3.63) is 58.6 Å². The summed E-state index contributed by atoms with van der Waals surface area (Å²) in [5.41, 5.74) is 0.0195. The number of nitro benzene ring substituents is 1. The lowest BCUT2D eigenvalue weighted by Gasteiger charge is -2.11. The highest BCUT2D eigenvalue weighted by Crippen LogP contribution is 2.42. The van der Waals surface area contributed by atoms with Crippen LogP contribution in [0.3, 0.4) is 0 Å². The molecule has 0 spiro atoms. The van der Waals surface area contributed by atoms with E-state index in [4.69, 9.17) is 0 Å². The summed E-state index contributed by atoms with van der Waals surface area (Å²) in [6.45, 7) is 0. The monoisotopic (exact) mass is 263 g/mol. The molecule has 0 amide bonds. The predicted octanol–water partition coefficient (Wildman–Crippen LogP) is 4.20. The fourth-order valence-corrected chi connectivity index (χ4v) is 2.94. The summed E-state index contributed by atoms with van der Waals surface area (Å²) in [4.78, 5) is 10.8. The molecule has 0 radical (unpaired) electrons. The molecule has 0 saturated heterocycles. The summed E-state index contributed by atoms with van der Waals surface area (Å²) in [5, 5.41) is 26.2. The molecule has 4 aromatic rings. The Kier molecular flexibility index (Phi) is 1.96. The molecule has 0 saturated carbocycles. The van der Waals surface area contributed by atoms with Crippen LogP contribution in [0.2, 0.25) is 0 Å². The topological polar surface area (TPSA) is 63.4 Å². The van der Waals surface area contributed by atoms with Gasteiger partial charge < -0.3 is 5.11 Å².